The van der Waals surface area contributed by atoms with Crippen LogP contribution in [0.1, 0.15) is 44.8 Å². The van der Waals surface area contributed by atoms with Crippen LogP contribution in [0.5, 0.6) is 5.75 Å². The van der Waals surface area contributed by atoms with Crippen molar-refractivity contribution in [2.45, 2.75) is 45.4 Å². The van der Waals surface area contributed by atoms with Gasteiger partial charge in [-0.1, -0.05) is 30.3 Å². The van der Waals surface area contributed by atoms with E-state index in [1.54, 1.807) is 31.2 Å². The van der Waals surface area contributed by atoms with Crippen LogP contribution in [0.4, 0.5) is 5.69 Å². The molecule has 2 heterocycles. The molecule has 1 fully saturated rings. The zero-order valence-corrected chi connectivity index (χ0v) is 23.7. The number of thiophene rings is 1. The second-order valence-corrected chi connectivity index (χ2v) is 12.5. The monoisotopic (exact) mass is 572 g/mol. The molecule has 0 unspecified atom stereocenters. The Morgan fingerprint density at radius 3 is 2.31 bits per heavy atom. The number of carboxylic acid groups (broad SMARTS) is 2. The van der Waals surface area contributed by atoms with Crippen molar-refractivity contribution in [3.63, 3.8) is 0 Å². The van der Waals surface area contributed by atoms with Gasteiger partial charge >= 0.3 is 11.9 Å². The number of rotatable bonds is 10. The van der Waals surface area contributed by atoms with Crippen molar-refractivity contribution < 1.29 is 33.0 Å². The minimum Gasteiger partial charge on any atom is -0.480 e. The van der Waals surface area contributed by atoms with Crippen LogP contribution in [-0.2, 0) is 20.6 Å². The predicted octanol–water partition coefficient (Wildman–Crippen LogP) is 4.59. The smallest absolute Gasteiger partial charge is 0.349 e. The average Bonchev–Trinajstić information content (AvgIpc) is 3.22. The molecule has 208 valence electrons. The maximum atomic E-state index is 14.1. The van der Waals surface area contributed by atoms with Crippen molar-refractivity contribution in [2.75, 3.05) is 24.0 Å². The zero-order chi connectivity index (χ0) is 28.3. The highest BCUT2D eigenvalue weighted by Crippen LogP contribution is 2.43. The number of nitrogens with one attached hydrogen (secondary N) is 1. The summed E-state index contributed by atoms with van der Waals surface area (Å²) in [5, 5.41) is 22.0. The second-order valence-electron chi connectivity index (χ2n) is 9.66. The lowest BCUT2D eigenvalue weighted by Gasteiger charge is -2.36. The first-order valence-electron chi connectivity index (χ1n) is 12.6. The number of aryl methyl sites for hydroxylation is 2. The lowest BCUT2D eigenvalue weighted by Crippen LogP contribution is -2.46. The molecule has 3 N–H and O–H groups in total. The van der Waals surface area contributed by atoms with Crippen LogP contribution in [0.15, 0.2) is 42.5 Å². The van der Waals surface area contributed by atoms with Crippen LogP contribution in [0.2, 0.25) is 0 Å². The maximum absolute atomic E-state index is 14.1. The summed E-state index contributed by atoms with van der Waals surface area (Å²) in [7, 11) is -3.79. The van der Waals surface area contributed by atoms with Gasteiger partial charge in [0.2, 0.25) is 10.0 Å². The Kier molecular flexibility index (Phi) is 8.63. The third kappa shape index (κ3) is 6.26. The van der Waals surface area contributed by atoms with Crippen LogP contribution < -0.4 is 14.4 Å². The topological polar surface area (TPSA) is 133 Å². The number of aliphatic carboxylic acids is 1. The summed E-state index contributed by atoms with van der Waals surface area (Å²) < 4.78 is 35.0. The minimum atomic E-state index is -3.79. The Hall–Kier alpha value is -3.41. The summed E-state index contributed by atoms with van der Waals surface area (Å²) in [5.41, 5.74) is 4.24. The van der Waals surface area contributed by atoms with E-state index in [2.05, 4.69) is 5.32 Å². The number of piperidine rings is 1. The average molecular weight is 573 g/mol. The summed E-state index contributed by atoms with van der Waals surface area (Å²) in [6.45, 7) is 6.24. The van der Waals surface area contributed by atoms with Gasteiger partial charge in [-0.25, -0.2) is 18.0 Å². The van der Waals surface area contributed by atoms with E-state index in [0.717, 1.165) is 28.0 Å². The molecule has 1 aliphatic rings. The number of ether oxygens (including phenoxy) is 1. The Balaban J connectivity index is 1.79. The van der Waals surface area contributed by atoms with E-state index in [9.17, 15) is 23.1 Å². The molecule has 3 aromatic rings. The predicted molar refractivity (Wildman–Crippen MR) is 151 cm³/mol. The van der Waals surface area contributed by atoms with Gasteiger partial charge in [0.25, 0.3) is 0 Å². The summed E-state index contributed by atoms with van der Waals surface area (Å²) in [5.74, 6) is -2.56. The normalized spacial score (nSPS) is 14.2. The molecule has 0 spiro atoms. The quantitative estimate of drug-likeness (QED) is 0.321. The number of aromatic carboxylic acids is 1. The van der Waals surface area contributed by atoms with Gasteiger partial charge in [0, 0.05) is 16.5 Å². The molecule has 0 aliphatic carbocycles. The van der Waals surface area contributed by atoms with Crippen molar-refractivity contribution in [1.82, 2.24) is 5.32 Å². The van der Waals surface area contributed by atoms with Gasteiger partial charge in [-0.15, -0.1) is 11.3 Å². The van der Waals surface area contributed by atoms with E-state index >= 15 is 0 Å². The Labute approximate surface area is 232 Å². The van der Waals surface area contributed by atoms with E-state index in [1.807, 2.05) is 32.0 Å². The maximum Gasteiger partial charge on any atom is 0.349 e. The van der Waals surface area contributed by atoms with Crippen LogP contribution in [0.3, 0.4) is 0 Å². The fourth-order valence-corrected chi connectivity index (χ4v) is 8.12. The van der Waals surface area contributed by atoms with Crippen LogP contribution in [-0.4, -0.2) is 56.3 Å². The van der Waals surface area contributed by atoms with E-state index < -0.39 is 28.6 Å². The van der Waals surface area contributed by atoms with Gasteiger partial charge in [-0.05, 0) is 81.1 Å². The third-order valence-corrected chi connectivity index (χ3v) is 9.97. The summed E-state index contributed by atoms with van der Waals surface area (Å²) >= 11 is 0.974. The van der Waals surface area contributed by atoms with E-state index in [1.165, 1.54) is 4.31 Å². The first-order chi connectivity index (χ1) is 18.5. The number of carboxylic acids is 2. The molecule has 2 aromatic carbocycles. The van der Waals surface area contributed by atoms with E-state index in [-0.39, 0.29) is 22.4 Å². The molecule has 1 saturated heterocycles. The van der Waals surface area contributed by atoms with Gasteiger partial charge < -0.3 is 20.3 Å². The number of nitrogens with zero attached hydrogens (tertiary/aromatic N) is 1. The molecule has 0 amide bonds. The molecular formula is C28H32N2O7S2. The van der Waals surface area contributed by atoms with Crippen LogP contribution in [0, 0.1) is 20.8 Å². The number of anilines is 1. The highest BCUT2D eigenvalue weighted by Gasteiger charge is 2.33. The fraction of sp³-hybridized carbons (Fsp3) is 0.357. The van der Waals surface area contributed by atoms with Gasteiger partial charge in [0.15, 0.2) is 11.5 Å². The standard InChI is InChI=1S/C28H32N2O7S2/c1-17-6-4-7-18(2)23(17)16-39(35,36)30(21-10-12-29-13-11-21)22-9-5-8-20(14-22)26-19(3)25(37-15-24(31)32)27(38-26)28(33)34/h4-9,14,21,29H,10-13,15-16H2,1-3H3,(H,31,32)(H,33,34). The van der Waals surface area contributed by atoms with Crippen molar-refractivity contribution in [2.24, 2.45) is 0 Å². The Morgan fingerprint density at radius 1 is 1.05 bits per heavy atom. The summed E-state index contributed by atoms with van der Waals surface area (Å²) in [4.78, 5) is 23.4. The lowest BCUT2D eigenvalue weighted by atomic mass is 10.0. The molecule has 1 aliphatic heterocycles. The highest BCUT2D eigenvalue weighted by atomic mass is 32.2. The first kappa shape index (κ1) is 28.6. The Morgan fingerprint density at radius 2 is 1.69 bits per heavy atom. The summed E-state index contributed by atoms with van der Waals surface area (Å²) in [6, 6.07) is 12.6. The van der Waals surface area contributed by atoms with Gasteiger partial charge in [-0.3, -0.25) is 4.31 Å². The molecule has 0 bridgehead atoms. The number of carbonyl (C=O) groups is 2. The molecule has 0 atom stereocenters. The van der Waals surface area contributed by atoms with E-state index in [0.29, 0.717) is 47.6 Å². The minimum absolute atomic E-state index is 0.00756. The zero-order valence-electron chi connectivity index (χ0n) is 22.1. The largest absolute Gasteiger partial charge is 0.480 e. The van der Waals surface area contributed by atoms with E-state index in [4.69, 9.17) is 9.84 Å². The molecule has 9 nitrogen and oxygen atoms in total. The van der Waals surface area contributed by atoms with Crippen LogP contribution >= 0.6 is 11.3 Å². The number of benzene rings is 2. The number of hydrogen-bond donors (Lipinski definition) is 3. The van der Waals surface area contributed by atoms with Gasteiger partial charge in [0.05, 0.1) is 11.4 Å². The molecule has 11 heteroatoms. The fourth-order valence-electron chi connectivity index (χ4n) is 4.97. The molecule has 0 radical (unpaired) electrons. The first-order valence-corrected chi connectivity index (χ1v) is 15.0. The van der Waals surface area contributed by atoms with Gasteiger partial charge in [0.1, 0.15) is 5.75 Å². The van der Waals surface area contributed by atoms with Crippen molar-refractivity contribution in [1.29, 1.82) is 0 Å². The molecule has 1 aromatic heterocycles. The molecule has 4 rings (SSSR count). The van der Waals surface area contributed by atoms with Crippen molar-refractivity contribution in [3.8, 4) is 16.2 Å². The third-order valence-electron chi connectivity index (χ3n) is 6.90. The SMILES string of the molecule is Cc1cccc(C)c1CS(=O)(=O)N(c1cccc(-c2sc(C(=O)O)c(OCC(=O)O)c2C)c1)C1CCNCC1. The summed E-state index contributed by atoms with van der Waals surface area (Å²) in [6.07, 6.45) is 1.31. The number of sulfonamides is 1. The molecule has 0 saturated carbocycles. The Bertz CT molecular complexity index is 1470. The second kappa shape index (κ2) is 11.8. The van der Waals surface area contributed by atoms with Crippen molar-refractivity contribution >= 4 is 39.0 Å². The number of hydrogen-bond acceptors (Lipinski definition) is 7. The molecular weight excluding hydrogens is 540 g/mol. The van der Waals surface area contributed by atoms with Crippen LogP contribution in [0.25, 0.3) is 10.4 Å². The molecule has 39 heavy (non-hydrogen) atoms. The van der Waals surface area contributed by atoms with Gasteiger partial charge in [-0.2, -0.15) is 0 Å². The lowest BCUT2D eigenvalue weighted by molar-refractivity contribution is -0.139. The highest BCUT2D eigenvalue weighted by molar-refractivity contribution is 7.92. The van der Waals surface area contributed by atoms with Crippen molar-refractivity contribution in [3.05, 3.63) is 69.6 Å².